The first-order valence-corrected chi connectivity index (χ1v) is 14.1. The zero-order valence-electron chi connectivity index (χ0n) is 23.7. The molecule has 0 aliphatic carbocycles. The molecule has 0 spiro atoms. The van der Waals surface area contributed by atoms with Gasteiger partial charge >= 0.3 is 0 Å². The molecule has 1 fully saturated rings. The summed E-state index contributed by atoms with van der Waals surface area (Å²) in [6, 6.07) is 21.5. The van der Waals surface area contributed by atoms with Crippen molar-refractivity contribution in [2.24, 2.45) is 7.05 Å². The molecule has 11 heteroatoms. The number of fused-ring (bicyclic) bond motifs is 1. The van der Waals surface area contributed by atoms with Crippen LogP contribution in [0, 0.1) is 0 Å². The lowest BCUT2D eigenvalue weighted by molar-refractivity contribution is 0.249. The van der Waals surface area contributed by atoms with Crippen molar-refractivity contribution in [3.05, 3.63) is 108 Å². The number of nitrogens with zero attached hydrogens (tertiary/aromatic N) is 9. The smallest absolute Gasteiger partial charge is 0.259 e. The number of hydrogen-bond acceptors (Lipinski definition) is 9. The van der Waals surface area contributed by atoms with Gasteiger partial charge in [0.25, 0.3) is 5.56 Å². The van der Waals surface area contributed by atoms with Gasteiger partial charge in [-0.2, -0.15) is 0 Å². The first kappa shape index (κ1) is 26.5. The van der Waals surface area contributed by atoms with Crippen LogP contribution in [-0.2, 0) is 13.6 Å². The number of imidazole rings is 1. The number of nitrogens with two attached hydrogens (primary N) is 1. The number of aromatic nitrogens is 7. The van der Waals surface area contributed by atoms with Crippen LogP contribution in [0.15, 0.2) is 96.4 Å². The summed E-state index contributed by atoms with van der Waals surface area (Å²) in [4.78, 5) is 40.2. The van der Waals surface area contributed by atoms with Crippen molar-refractivity contribution in [3.8, 4) is 28.3 Å². The van der Waals surface area contributed by atoms with Gasteiger partial charge in [0.15, 0.2) is 11.5 Å². The molecule has 6 aromatic rings. The van der Waals surface area contributed by atoms with Crippen LogP contribution in [0.1, 0.15) is 5.56 Å². The van der Waals surface area contributed by atoms with E-state index in [4.69, 9.17) is 15.7 Å². The molecule has 11 nitrogen and oxygen atoms in total. The maximum atomic E-state index is 12.9. The second-order valence-electron chi connectivity index (χ2n) is 10.6. The third-order valence-electron chi connectivity index (χ3n) is 7.85. The highest BCUT2D eigenvalue weighted by atomic mass is 16.1. The molecule has 43 heavy (non-hydrogen) atoms. The Morgan fingerprint density at radius 2 is 1.65 bits per heavy atom. The molecule has 0 bridgehead atoms. The molecular weight excluding hydrogens is 540 g/mol. The van der Waals surface area contributed by atoms with E-state index >= 15 is 0 Å². The van der Waals surface area contributed by atoms with Crippen molar-refractivity contribution >= 4 is 22.8 Å². The van der Waals surface area contributed by atoms with Crippen LogP contribution in [0.3, 0.4) is 0 Å². The van der Waals surface area contributed by atoms with Crippen molar-refractivity contribution in [3.63, 3.8) is 0 Å². The molecule has 1 aliphatic heterocycles. The largest absolute Gasteiger partial charge is 0.383 e. The lowest BCUT2D eigenvalue weighted by atomic mass is 10.1. The van der Waals surface area contributed by atoms with Gasteiger partial charge in [-0.15, -0.1) is 0 Å². The normalized spacial score (nSPS) is 13.9. The van der Waals surface area contributed by atoms with Gasteiger partial charge in [-0.05, 0) is 60.2 Å². The standard InChI is InChI=1S/C32H30N10O/c1-39-15-3-5-24(32(39)43)26-10-11-27-31(37-26)42(30(38-27)25-4-2-13-35-29(25)33)23-8-6-22(7-9-23)20-40-16-18-41(19-17-40)28-12-14-34-21-36-28/h2-15,21H,16-20H2,1H3,(H2,33,35). The van der Waals surface area contributed by atoms with Gasteiger partial charge in [0, 0.05) is 64.0 Å². The Hall–Kier alpha value is -5.42. The molecule has 0 atom stereocenters. The highest BCUT2D eigenvalue weighted by Crippen LogP contribution is 2.31. The lowest BCUT2D eigenvalue weighted by Crippen LogP contribution is -2.46. The predicted molar refractivity (Wildman–Crippen MR) is 167 cm³/mol. The van der Waals surface area contributed by atoms with E-state index in [0.29, 0.717) is 39.6 Å². The Morgan fingerprint density at radius 3 is 2.42 bits per heavy atom. The Balaban J connectivity index is 1.22. The molecule has 0 radical (unpaired) electrons. The summed E-state index contributed by atoms with van der Waals surface area (Å²) < 4.78 is 3.54. The van der Waals surface area contributed by atoms with Crippen molar-refractivity contribution < 1.29 is 0 Å². The molecule has 5 aromatic heterocycles. The molecular formula is C32H30N10O. The summed E-state index contributed by atoms with van der Waals surface area (Å²) >= 11 is 0. The number of aryl methyl sites for hydroxylation is 1. The van der Waals surface area contributed by atoms with Crippen LogP contribution in [0.2, 0.25) is 0 Å². The third-order valence-corrected chi connectivity index (χ3v) is 7.85. The number of rotatable bonds is 6. The molecule has 7 rings (SSSR count). The molecule has 1 aromatic carbocycles. The Bertz CT molecular complexity index is 1960. The highest BCUT2D eigenvalue weighted by molar-refractivity contribution is 5.84. The van der Waals surface area contributed by atoms with E-state index < -0.39 is 0 Å². The first-order chi connectivity index (χ1) is 21.0. The van der Waals surface area contributed by atoms with E-state index in [2.05, 4.69) is 49.0 Å². The van der Waals surface area contributed by atoms with Gasteiger partial charge < -0.3 is 15.2 Å². The number of piperazine rings is 1. The second-order valence-corrected chi connectivity index (χ2v) is 10.6. The van der Waals surface area contributed by atoms with Gasteiger partial charge in [0.1, 0.15) is 23.5 Å². The van der Waals surface area contributed by atoms with Crippen LogP contribution in [0.25, 0.3) is 39.5 Å². The monoisotopic (exact) mass is 570 g/mol. The summed E-state index contributed by atoms with van der Waals surface area (Å²) in [5.74, 6) is 2.00. The quantitative estimate of drug-likeness (QED) is 0.320. The fourth-order valence-corrected chi connectivity index (χ4v) is 5.55. The van der Waals surface area contributed by atoms with Crippen LogP contribution < -0.4 is 16.2 Å². The van der Waals surface area contributed by atoms with Gasteiger partial charge in [-0.3, -0.25) is 14.3 Å². The van der Waals surface area contributed by atoms with Crippen LogP contribution in [0.5, 0.6) is 0 Å². The van der Waals surface area contributed by atoms with Gasteiger partial charge in [-0.25, -0.2) is 24.9 Å². The fourth-order valence-electron chi connectivity index (χ4n) is 5.55. The average molecular weight is 571 g/mol. The summed E-state index contributed by atoms with van der Waals surface area (Å²) in [5, 5.41) is 0. The number of pyridine rings is 3. The van der Waals surface area contributed by atoms with E-state index in [-0.39, 0.29) is 5.56 Å². The zero-order chi connectivity index (χ0) is 29.3. The molecule has 1 saturated heterocycles. The summed E-state index contributed by atoms with van der Waals surface area (Å²) in [5.41, 5.74) is 11.5. The van der Waals surface area contributed by atoms with E-state index in [1.165, 1.54) is 5.56 Å². The highest BCUT2D eigenvalue weighted by Gasteiger charge is 2.21. The summed E-state index contributed by atoms with van der Waals surface area (Å²) in [7, 11) is 1.73. The SMILES string of the molecule is Cn1cccc(-c2ccc3nc(-c4cccnc4N)n(-c4ccc(CN5CCN(c6ccncn6)CC5)cc4)c3n2)c1=O. The van der Waals surface area contributed by atoms with Crippen molar-refractivity contribution in [2.75, 3.05) is 36.8 Å². The Kier molecular flexibility index (Phi) is 6.84. The number of nitrogen functional groups attached to an aromatic ring is 1. The molecule has 1 aliphatic rings. The van der Waals surface area contributed by atoms with Crippen LogP contribution in [-0.4, -0.2) is 65.1 Å². The minimum Gasteiger partial charge on any atom is -0.383 e. The molecule has 6 heterocycles. The Morgan fingerprint density at radius 1 is 0.837 bits per heavy atom. The minimum atomic E-state index is -0.112. The molecule has 0 unspecified atom stereocenters. The fraction of sp³-hybridized carbons (Fsp3) is 0.188. The molecule has 0 saturated carbocycles. The van der Waals surface area contributed by atoms with E-state index in [0.717, 1.165) is 44.2 Å². The second kappa shape index (κ2) is 11.1. The van der Waals surface area contributed by atoms with E-state index in [1.54, 1.807) is 42.6 Å². The maximum Gasteiger partial charge on any atom is 0.259 e. The number of benzene rings is 1. The molecule has 2 N–H and O–H groups in total. The molecule has 0 amide bonds. The average Bonchev–Trinajstić information content (AvgIpc) is 3.42. The van der Waals surface area contributed by atoms with E-state index in [1.807, 2.05) is 41.0 Å². The maximum absolute atomic E-state index is 12.9. The number of anilines is 2. The zero-order valence-corrected chi connectivity index (χ0v) is 23.7. The van der Waals surface area contributed by atoms with Gasteiger partial charge in [0.2, 0.25) is 0 Å². The Labute approximate surface area is 247 Å². The topological polar surface area (TPSA) is 124 Å². The minimum absolute atomic E-state index is 0.112. The predicted octanol–water partition coefficient (Wildman–Crippen LogP) is 3.54. The van der Waals surface area contributed by atoms with Crippen molar-refractivity contribution in [2.45, 2.75) is 6.54 Å². The third kappa shape index (κ3) is 5.10. The number of hydrogen-bond donors (Lipinski definition) is 1. The van der Waals surface area contributed by atoms with Gasteiger partial charge in [-0.1, -0.05) is 12.1 Å². The van der Waals surface area contributed by atoms with Crippen molar-refractivity contribution in [1.29, 1.82) is 0 Å². The summed E-state index contributed by atoms with van der Waals surface area (Å²) in [6.07, 6.45) is 6.78. The van der Waals surface area contributed by atoms with E-state index in [9.17, 15) is 4.79 Å². The van der Waals surface area contributed by atoms with Crippen molar-refractivity contribution in [1.82, 2.24) is 39.0 Å². The first-order valence-electron chi connectivity index (χ1n) is 14.1. The summed E-state index contributed by atoms with van der Waals surface area (Å²) in [6.45, 7) is 4.60. The molecule has 214 valence electrons. The van der Waals surface area contributed by atoms with Crippen LogP contribution in [0.4, 0.5) is 11.6 Å². The lowest BCUT2D eigenvalue weighted by Gasteiger charge is -2.35. The van der Waals surface area contributed by atoms with Gasteiger partial charge in [0.05, 0.1) is 16.8 Å². The van der Waals surface area contributed by atoms with Crippen LogP contribution >= 0.6 is 0 Å².